The fourth-order valence-electron chi connectivity index (χ4n) is 3.97. The molecule has 3 aromatic carbocycles. The maximum absolute atomic E-state index is 13.2. The van der Waals surface area contributed by atoms with Gasteiger partial charge in [-0.05, 0) is 77.9 Å². The van der Waals surface area contributed by atoms with Crippen molar-refractivity contribution in [1.82, 2.24) is 9.78 Å². The molecule has 0 spiro atoms. The summed E-state index contributed by atoms with van der Waals surface area (Å²) in [4.78, 5) is 13.2. The first kappa shape index (κ1) is 22.6. The first-order valence-electron chi connectivity index (χ1n) is 11.0. The van der Waals surface area contributed by atoms with E-state index in [-0.39, 0.29) is 11.9 Å². The highest BCUT2D eigenvalue weighted by Gasteiger charge is 2.28. The Kier molecular flexibility index (Phi) is 6.16. The fourth-order valence-corrected chi connectivity index (χ4v) is 4.10. The third-order valence-corrected chi connectivity index (χ3v) is 6.09. The van der Waals surface area contributed by atoms with Crippen molar-refractivity contribution >= 4 is 34.7 Å². The Hall–Kier alpha value is -4.23. The van der Waals surface area contributed by atoms with Crippen molar-refractivity contribution in [3.05, 3.63) is 107 Å². The number of fused-ring (bicyclic) bond motifs is 1. The summed E-state index contributed by atoms with van der Waals surface area (Å²) in [5, 5.41) is 11.5. The largest absolute Gasteiger partial charge is 0.497 e. The lowest BCUT2D eigenvalue weighted by Gasteiger charge is -2.26. The summed E-state index contributed by atoms with van der Waals surface area (Å²) in [6.45, 7) is 0. The van der Waals surface area contributed by atoms with E-state index < -0.39 is 0 Å². The van der Waals surface area contributed by atoms with Crippen molar-refractivity contribution in [3.8, 4) is 11.5 Å². The molecule has 0 saturated carbocycles. The molecule has 0 bridgehead atoms. The summed E-state index contributed by atoms with van der Waals surface area (Å²) < 4.78 is 12.4. The van der Waals surface area contributed by atoms with E-state index in [0.717, 1.165) is 28.3 Å². The second-order valence-corrected chi connectivity index (χ2v) is 8.40. The average Bonchev–Trinajstić information content (AvgIpc) is 3.34. The lowest BCUT2D eigenvalue weighted by molar-refractivity contribution is 0.102. The third-order valence-electron chi connectivity index (χ3n) is 5.84. The first-order chi connectivity index (χ1) is 17.1. The van der Waals surface area contributed by atoms with Gasteiger partial charge < -0.3 is 20.1 Å². The van der Waals surface area contributed by atoms with Crippen molar-refractivity contribution in [2.75, 3.05) is 24.9 Å². The molecule has 1 aliphatic heterocycles. The predicted octanol–water partition coefficient (Wildman–Crippen LogP) is 5.86. The highest BCUT2D eigenvalue weighted by atomic mass is 35.5. The number of amides is 1. The number of hydrogen-bond donors (Lipinski definition) is 2. The zero-order valence-corrected chi connectivity index (χ0v) is 19.9. The Morgan fingerprint density at radius 3 is 2.20 bits per heavy atom. The van der Waals surface area contributed by atoms with Crippen LogP contribution in [-0.4, -0.2) is 29.9 Å². The van der Waals surface area contributed by atoms with Crippen LogP contribution < -0.4 is 20.1 Å². The van der Waals surface area contributed by atoms with Crippen molar-refractivity contribution in [2.24, 2.45) is 0 Å². The van der Waals surface area contributed by atoms with Gasteiger partial charge in [0.1, 0.15) is 22.9 Å². The number of halogens is 1. The number of ether oxygens (including phenoxy) is 2. The zero-order valence-electron chi connectivity index (χ0n) is 19.2. The second kappa shape index (κ2) is 9.56. The summed E-state index contributed by atoms with van der Waals surface area (Å²) in [6.07, 6.45) is 3.67. The van der Waals surface area contributed by atoms with Crippen LogP contribution in [0.1, 0.15) is 27.5 Å². The molecule has 5 rings (SSSR count). The summed E-state index contributed by atoms with van der Waals surface area (Å²) in [5.41, 5.74) is 3.90. The van der Waals surface area contributed by atoms with Gasteiger partial charge in [0.25, 0.3) is 5.91 Å². The molecule has 0 unspecified atom stereocenters. The predicted molar refractivity (Wildman–Crippen MR) is 137 cm³/mol. The fraction of sp³-hybridized carbons (Fsp3) is 0.111. The number of allylic oxidation sites excluding steroid dienone is 1. The van der Waals surface area contributed by atoms with E-state index in [1.807, 2.05) is 53.2 Å². The Labute approximate surface area is 207 Å². The highest BCUT2D eigenvalue weighted by Crippen LogP contribution is 2.36. The van der Waals surface area contributed by atoms with E-state index in [2.05, 4.69) is 21.8 Å². The van der Waals surface area contributed by atoms with Gasteiger partial charge in [-0.2, -0.15) is 5.10 Å². The maximum Gasteiger partial charge on any atom is 0.261 e. The molecule has 7 nitrogen and oxygen atoms in total. The normalized spacial score (nSPS) is 14.4. The van der Waals surface area contributed by atoms with Gasteiger partial charge in [-0.1, -0.05) is 23.7 Å². The topological polar surface area (TPSA) is 77.4 Å². The number of carbonyl (C=O) groups excluding carboxylic acids is 1. The molecule has 2 heterocycles. The van der Waals surface area contributed by atoms with Crippen LogP contribution in [0.3, 0.4) is 0 Å². The van der Waals surface area contributed by atoms with Gasteiger partial charge in [0.05, 0.1) is 26.5 Å². The van der Waals surface area contributed by atoms with Crippen LogP contribution >= 0.6 is 11.6 Å². The minimum Gasteiger partial charge on any atom is -0.497 e. The standard InChI is InChI=1S/C27H23ClN4O3/c1-34-21-11-3-17(4-12-21)24-15-25(18-5-13-22(35-2)14-6-18)32-26(31-24)23(16-29-32)27(33)30-20-9-7-19(28)8-10-20/h3-16,25,31H,1-2H3,(H,30,33)/t25-/m0/s1. The smallest absolute Gasteiger partial charge is 0.261 e. The molecule has 0 aliphatic carbocycles. The number of nitrogens with zero attached hydrogens (tertiary/aromatic N) is 2. The van der Waals surface area contributed by atoms with Gasteiger partial charge in [-0.3, -0.25) is 4.79 Å². The van der Waals surface area contributed by atoms with Gasteiger partial charge in [-0.25, -0.2) is 4.68 Å². The number of aromatic nitrogens is 2. The number of rotatable bonds is 6. The average molecular weight is 487 g/mol. The Balaban J connectivity index is 1.53. The molecule has 0 radical (unpaired) electrons. The first-order valence-corrected chi connectivity index (χ1v) is 11.3. The molecule has 1 aromatic heterocycles. The summed E-state index contributed by atoms with van der Waals surface area (Å²) in [5.74, 6) is 1.87. The quantitative estimate of drug-likeness (QED) is 0.357. The lowest BCUT2D eigenvalue weighted by atomic mass is 10.0. The van der Waals surface area contributed by atoms with Crippen molar-refractivity contribution in [1.29, 1.82) is 0 Å². The number of methoxy groups -OCH3 is 2. The number of hydrogen-bond acceptors (Lipinski definition) is 5. The van der Waals surface area contributed by atoms with Gasteiger partial charge in [0.15, 0.2) is 0 Å². The molecule has 176 valence electrons. The molecule has 4 aromatic rings. The maximum atomic E-state index is 13.2. The van der Waals surface area contributed by atoms with Crippen LogP contribution in [0, 0.1) is 0 Å². The molecule has 1 amide bonds. The van der Waals surface area contributed by atoms with Gasteiger partial charge in [-0.15, -0.1) is 0 Å². The van der Waals surface area contributed by atoms with Crippen LogP contribution in [0.4, 0.5) is 11.5 Å². The van der Waals surface area contributed by atoms with Crippen molar-refractivity contribution < 1.29 is 14.3 Å². The van der Waals surface area contributed by atoms with Crippen LogP contribution in [0.25, 0.3) is 5.70 Å². The van der Waals surface area contributed by atoms with E-state index in [1.165, 1.54) is 0 Å². The monoisotopic (exact) mass is 486 g/mol. The summed E-state index contributed by atoms with van der Waals surface area (Å²) in [6, 6.07) is 22.3. The molecule has 1 aliphatic rings. The van der Waals surface area contributed by atoms with Gasteiger partial charge >= 0.3 is 0 Å². The van der Waals surface area contributed by atoms with Crippen molar-refractivity contribution in [2.45, 2.75) is 6.04 Å². The summed E-state index contributed by atoms with van der Waals surface area (Å²) >= 11 is 5.97. The molecule has 0 fully saturated rings. The van der Waals surface area contributed by atoms with E-state index in [1.54, 1.807) is 44.7 Å². The molecule has 35 heavy (non-hydrogen) atoms. The minimum atomic E-state index is -0.273. The van der Waals surface area contributed by atoms with Crippen LogP contribution in [0.5, 0.6) is 11.5 Å². The second-order valence-electron chi connectivity index (χ2n) is 7.96. The highest BCUT2D eigenvalue weighted by molar-refractivity contribution is 6.30. The molecule has 8 heteroatoms. The van der Waals surface area contributed by atoms with E-state index >= 15 is 0 Å². The number of nitrogens with one attached hydrogen (secondary N) is 2. The number of benzene rings is 3. The molecular formula is C27H23ClN4O3. The molecular weight excluding hydrogens is 464 g/mol. The van der Waals surface area contributed by atoms with Crippen molar-refractivity contribution in [3.63, 3.8) is 0 Å². The molecule has 0 saturated heterocycles. The third kappa shape index (κ3) is 4.58. The SMILES string of the molecule is COc1ccc(C2=C[C@@H](c3ccc(OC)cc3)n3ncc(C(=O)Nc4ccc(Cl)cc4)c3N2)cc1. The van der Waals surface area contributed by atoms with Crippen LogP contribution in [-0.2, 0) is 0 Å². The van der Waals surface area contributed by atoms with E-state index in [9.17, 15) is 4.79 Å². The Morgan fingerprint density at radius 2 is 1.57 bits per heavy atom. The van der Waals surface area contributed by atoms with E-state index in [0.29, 0.717) is 22.1 Å². The Morgan fingerprint density at radius 1 is 0.943 bits per heavy atom. The number of carbonyl (C=O) groups is 1. The van der Waals surface area contributed by atoms with E-state index in [4.69, 9.17) is 21.1 Å². The Bertz CT molecular complexity index is 1380. The zero-order chi connectivity index (χ0) is 24.4. The minimum absolute atomic E-state index is 0.230. The van der Waals surface area contributed by atoms with Gasteiger partial charge in [0, 0.05) is 16.4 Å². The molecule has 1 atom stereocenters. The van der Waals surface area contributed by atoms with Crippen LogP contribution in [0.15, 0.2) is 85.1 Å². The number of anilines is 2. The summed E-state index contributed by atoms with van der Waals surface area (Å²) in [7, 11) is 3.27. The lowest BCUT2D eigenvalue weighted by Crippen LogP contribution is -2.22. The molecule has 2 N–H and O–H groups in total. The van der Waals surface area contributed by atoms with Crippen LogP contribution in [0.2, 0.25) is 5.02 Å². The van der Waals surface area contributed by atoms with Gasteiger partial charge in [0.2, 0.25) is 0 Å².